The minimum Gasteiger partial charge on any atom is -0.0622 e. The van der Waals surface area contributed by atoms with Crippen LogP contribution >= 0.6 is 0 Å². The average Bonchev–Trinajstić information content (AvgIpc) is 2.29. The molecule has 0 amide bonds. The third-order valence-electron chi connectivity index (χ3n) is 1.90. The van der Waals surface area contributed by atoms with Gasteiger partial charge in [0.25, 0.3) is 0 Å². The molecular formula is C14H10. The molecule has 2 aromatic carbocycles. The highest BCUT2D eigenvalue weighted by atomic mass is 14.3. The lowest BCUT2D eigenvalue weighted by atomic mass is 10.3. The van der Waals surface area contributed by atoms with E-state index in [1.54, 1.807) is 0 Å². The third-order valence-corrected chi connectivity index (χ3v) is 1.90. The highest BCUT2D eigenvalue weighted by Crippen LogP contribution is 1.98. The molecule has 0 spiro atoms. The van der Waals surface area contributed by atoms with Crippen LogP contribution in [0.3, 0.4) is 0 Å². The monoisotopic (exact) mass is 180 g/mol. The summed E-state index contributed by atoms with van der Waals surface area (Å²) < 4.78 is 0. The van der Waals surface area contributed by atoms with Crippen molar-refractivity contribution in [2.45, 2.75) is 0 Å². The molecule has 0 heterocycles. The maximum absolute atomic E-state index is 3.11. The van der Waals surface area contributed by atoms with Crippen molar-refractivity contribution in [3.05, 3.63) is 71.8 Å². The van der Waals surface area contributed by atoms with Gasteiger partial charge in [0.2, 0.25) is 0 Å². The van der Waals surface area contributed by atoms with Crippen LogP contribution < -0.4 is 0 Å². The molecule has 0 aliphatic carbocycles. The maximum atomic E-state index is 3.11. The fourth-order valence-electron chi connectivity index (χ4n) is 1.19. The first-order valence-electron chi connectivity index (χ1n) is 4.57. The van der Waals surface area contributed by atoms with Crippen molar-refractivity contribution in [3.63, 3.8) is 0 Å². The van der Waals surface area contributed by atoms with E-state index in [4.69, 9.17) is 0 Å². The zero-order valence-electron chi connectivity index (χ0n) is 7.77. The van der Waals surface area contributed by atoms with Gasteiger partial charge in [0.1, 0.15) is 0 Å². The summed E-state index contributed by atoms with van der Waals surface area (Å²) in [5.74, 6) is 6.22. The standard InChI is InChI=1S/C14H10/c1-3-7-13(8-4-1)11-12-14-9-5-2-6-10-14/h1-10H/i11+1,12+1. The van der Waals surface area contributed by atoms with Crippen LogP contribution in [0.25, 0.3) is 0 Å². The minimum atomic E-state index is 1.05. The van der Waals surface area contributed by atoms with Crippen LogP contribution in [0.5, 0.6) is 0 Å². The molecule has 0 bridgehead atoms. The Morgan fingerprint density at radius 3 is 1.21 bits per heavy atom. The van der Waals surface area contributed by atoms with Gasteiger partial charge in [0.05, 0.1) is 0 Å². The van der Waals surface area contributed by atoms with Crippen LogP contribution in [0.15, 0.2) is 60.7 Å². The molecule has 0 aliphatic heterocycles. The predicted molar refractivity (Wildman–Crippen MR) is 58.9 cm³/mol. The summed E-state index contributed by atoms with van der Waals surface area (Å²) in [4.78, 5) is 0. The summed E-state index contributed by atoms with van der Waals surface area (Å²) in [6.45, 7) is 0. The second-order valence-corrected chi connectivity index (χ2v) is 2.98. The number of hydrogen-bond acceptors (Lipinski definition) is 0. The molecule has 0 fully saturated rings. The van der Waals surface area contributed by atoms with Gasteiger partial charge in [-0.05, 0) is 24.3 Å². The molecule has 0 nitrogen and oxygen atoms in total. The van der Waals surface area contributed by atoms with Crippen molar-refractivity contribution >= 4 is 0 Å². The Morgan fingerprint density at radius 2 is 0.857 bits per heavy atom. The number of benzene rings is 2. The number of hydrogen-bond donors (Lipinski definition) is 0. The highest BCUT2D eigenvalue weighted by molar-refractivity contribution is 5.42. The van der Waals surface area contributed by atoms with Crippen molar-refractivity contribution in [1.29, 1.82) is 0 Å². The van der Waals surface area contributed by atoms with E-state index in [2.05, 4.69) is 11.8 Å². The third kappa shape index (κ3) is 2.24. The fourth-order valence-corrected chi connectivity index (χ4v) is 1.19. The molecule has 0 heteroatoms. The van der Waals surface area contributed by atoms with Crippen LogP contribution in [-0.2, 0) is 0 Å². The molecule has 0 atom stereocenters. The van der Waals surface area contributed by atoms with Crippen molar-refractivity contribution in [1.82, 2.24) is 0 Å². The zero-order chi connectivity index (χ0) is 9.64. The van der Waals surface area contributed by atoms with E-state index in [0.29, 0.717) is 0 Å². The van der Waals surface area contributed by atoms with E-state index >= 15 is 0 Å². The lowest BCUT2D eigenvalue weighted by Gasteiger charge is -1.88. The van der Waals surface area contributed by atoms with Crippen LogP contribution in [0.1, 0.15) is 11.1 Å². The summed E-state index contributed by atoms with van der Waals surface area (Å²) in [6, 6.07) is 20.0. The Hall–Kier alpha value is -2.00. The second-order valence-electron chi connectivity index (χ2n) is 2.98. The van der Waals surface area contributed by atoms with Crippen LogP contribution in [0.4, 0.5) is 0 Å². The van der Waals surface area contributed by atoms with Gasteiger partial charge in [-0.15, -0.1) is 0 Å². The van der Waals surface area contributed by atoms with Gasteiger partial charge in [0.15, 0.2) is 0 Å². The molecule has 0 aromatic heterocycles. The second kappa shape index (κ2) is 4.30. The van der Waals surface area contributed by atoms with E-state index in [0.717, 1.165) is 11.1 Å². The van der Waals surface area contributed by atoms with E-state index in [-0.39, 0.29) is 0 Å². The molecule has 0 unspecified atom stereocenters. The summed E-state index contributed by atoms with van der Waals surface area (Å²) in [6.07, 6.45) is 0. The minimum absolute atomic E-state index is 1.05. The van der Waals surface area contributed by atoms with Gasteiger partial charge in [-0.1, -0.05) is 48.2 Å². The summed E-state index contributed by atoms with van der Waals surface area (Å²) in [5.41, 5.74) is 2.10. The van der Waals surface area contributed by atoms with E-state index in [1.165, 1.54) is 0 Å². The van der Waals surface area contributed by atoms with E-state index in [1.807, 2.05) is 60.7 Å². The van der Waals surface area contributed by atoms with Gasteiger partial charge in [-0.3, -0.25) is 0 Å². The van der Waals surface area contributed by atoms with E-state index < -0.39 is 0 Å². The topological polar surface area (TPSA) is 0 Å². The summed E-state index contributed by atoms with van der Waals surface area (Å²) in [5, 5.41) is 0. The van der Waals surface area contributed by atoms with E-state index in [9.17, 15) is 0 Å². The molecule has 0 N–H and O–H groups in total. The zero-order valence-corrected chi connectivity index (χ0v) is 7.77. The van der Waals surface area contributed by atoms with Crippen LogP contribution in [0.2, 0.25) is 0 Å². The quantitative estimate of drug-likeness (QED) is 0.431. The van der Waals surface area contributed by atoms with Crippen LogP contribution in [0, 0.1) is 11.8 Å². The summed E-state index contributed by atoms with van der Waals surface area (Å²) in [7, 11) is 0. The Kier molecular flexibility index (Phi) is 2.64. The van der Waals surface area contributed by atoms with Gasteiger partial charge in [0, 0.05) is 11.1 Å². The molecule has 0 saturated heterocycles. The van der Waals surface area contributed by atoms with Gasteiger partial charge in [-0.2, -0.15) is 0 Å². The maximum Gasteiger partial charge on any atom is 0.0249 e. The Balaban J connectivity index is 2.24. The molecule has 0 saturated carbocycles. The lowest BCUT2D eigenvalue weighted by molar-refractivity contribution is 1.62. The molecule has 2 aromatic rings. The first-order valence-corrected chi connectivity index (χ1v) is 4.57. The molecule has 0 radical (unpaired) electrons. The molecule has 66 valence electrons. The van der Waals surface area contributed by atoms with Gasteiger partial charge >= 0.3 is 0 Å². The SMILES string of the molecule is c1ccc([13C]#[13C]c2ccccc2)cc1. The van der Waals surface area contributed by atoms with Crippen molar-refractivity contribution in [3.8, 4) is 11.8 Å². The van der Waals surface area contributed by atoms with Crippen molar-refractivity contribution in [2.24, 2.45) is 0 Å². The Bertz CT molecular complexity index is 400. The molecule has 2 rings (SSSR count). The average molecular weight is 180 g/mol. The highest BCUT2D eigenvalue weighted by Gasteiger charge is 1.83. The smallest absolute Gasteiger partial charge is 0.0249 e. The predicted octanol–water partition coefficient (Wildman–Crippen LogP) is 3.09. The van der Waals surface area contributed by atoms with Gasteiger partial charge in [-0.25, -0.2) is 0 Å². The summed E-state index contributed by atoms with van der Waals surface area (Å²) >= 11 is 0. The Labute approximate surface area is 84.2 Å². The molecule has 0 aliphatic rings. The van der Waals surface area contributed by atoms with Gasteiger partial charge < -0.3 is 0 Å². The number of rotatable bonds is 0. The fraction of sp³-hybridized carbons (Fsp3) is 0. The first-order chi connectivity index (χ1) is 6.95. The van der Waals surface area contributed by atoms with Crippen molar-refractivity contribution in [2.75, 3.05) is 0 Å². The first kappa shape index (κ1) is 8.59. The van der Waals surface area contributed by atoms with Crippen LogP contribution in [-0.4, -0.2) is 0 Å². The largest absolute Gasteiger partial charge is 0.0622 e. The Morgan fingerprint density at radius 1 is 0.500 bits per heavy atom. The normalized spacial score (nSPS) is 8.86. The lowest BCUT2D eigenvalue weighted by Crippen LogP contribution is -1.73. The molecule has 14 heavy (non-hydrogen) atoms. The molecular weight excluding hydrogens is 170 g/mol. The van der Waals surface area contributed by atoms with Crippen molar-refractivity contribution < 1.29 is 0 Å².